The maximum atomic E-state index is 11.7. The van der Waals surface area contributed by atoms with Crippen LogP contribution in [-0.2, 0) is 75.5 Å². The van der Waals surface area contributed by atoms with Crippen molar-refractivity contribution in [3.05, 3.63) is 138 Å². The van der Waals surface area contributed by atoms with E-state index in [0.717, 1.165) is 33.8 Å². The highest BCUT2D eigenvalue weighted by atomic mass is 35.7. The van der Waals surface area contributed by atoms with Gasteiger partial charge in [0.2, 0.25) is 0 Å². The summed E-state index contributed by atoms with van der Waals surface area (Å²) in [5.41, 5.74) is 5.26. The highest BCUT2D eigenvalue weighted by Gasteiger charge is 2.15. The molecular weight excluding hydrogens is 1150 g/mol. The number of rotatable bonds is 31. The smallest absolute Gasteiger partial charge is 0.297 e. The predicted octanol–water partition coefficient (Wildman–Crippen LogP) is 7.54. The average molecular weight is 1240 g/mol. The molecule has 0 aliphatic carbocycles. The largest absolute Gasteiger partial charge is 0.508 e. The summed E-state index contributed by atoms with van der Waals surface area (Å²) in [5.74, 6) is 1.18. The third-order valence-electron chi connectivity index (χ3n) is 10.0. The summed E-state index contributed by atoms with van der Waals surface area (Å²) in [5, 5.41) is 17.1. The standard InChI is InChI=1S/C13H21NO3.2C12H18O5S.C8H11NO.C7H7ClO2S.C5H12O3/c1-14(2)12-4-6-13(7-5-12)17-11-10-16-9-8-15-3;2*1-11-3-5-12(6-4-11)18(13,14)17-10-9-16-8-7-15-2;1-9(2)7-3-5-8(10)6-4-7;1-6-2-4-7(5-3-6)11(8,9)10;1-7-4-5-8-3-2-6/h4-7H,8-11H2,1-3H3;2*3-6H,7-10H2,1-2H3;3-6,10H,1-2H3;2-5H,1H3;6H,2-5H2,1H3. The lowest BCUT2D eigenvalue weighted by atomic mass is 10.2. The molecule has 5 aromatic rings. The SMILES string of the molecule is CN(C)c1ccc(O)cc1.COCCOCCO.COCCOCCOS(=O)(=O)c1ccc(C)cc1.COCCOCCOS(=O)(=O)c1ccc(C)cc1.COCCOCCOc1ccc(N(C)C)cc1.Cc1ccc(S(=O)(=O)Cl)cc1. The highest BCUT2D eigenvalue weighted by Crippen LogP contribution is 2.19. The Morgan fingerprint density at radius 1 is 0.390 bits per heavy atom. The maximum Gasteiger partial charge on any atom is 0.297 e. The third kappa shape index (κ3) is 39.5. The van der Waals surface area contributed by atoms with Gasteiger partial charge < -0.3 is 62.6 Å². The van der Waals surface area contributed by atoms with Crippen LogP contribution < -0.4 is 14.5 Å². The van der Waals surface area contributed by atoms with E-state index >= 15 is 0 Å². The summed E-state index contributed by atoms with van der Waals surface area (Å²) in [6, 6.07) is 34.5. The Kier molecular flexibility index (Phi) is 43.6. The molecule has 0 amide bonds. The van der Waals surface area contributed by atoms with Gasteiger partial charge in [-0.1, -0.05) is 53.1 Å². The fourth-order valence-corrected chi connectivity index (χ4v) is 8.06. The summed E-state index contributed by atoms with van der Waals surface area (Å²) in [6.45, 7) is 11.9. The molecule has 82 heavy (non-hydrogen) atoms. The minimum atomic E-state index is -3.68. The number of anilines is 2. The van der Waals surface area contributed by atoms with E-state index in [1.54, 1.807) is 77.0 Å². The van der Waals surface area contributed by atoms with Crippen LogP contribution in [0.3, 0.4) is 0 Å². The van der Waals surface area contributed by atoms with E-state index in [0.29, 0.717) is 78.4 Å². The monoisotopic (exact) mass is 1230 g/mol. The van der Waals surface area contributed by atoms with Crippen molar-refractivity contribution in [1.29, 1.82) is 0 Å². The fraction of sp³-hybridized carbons (Fsp3) is 0.474. The molecule has 464 valence electrons. The number of hydrogen-bond donors (Lipinski definition) is 2. The van der Waals surface area contributed by atoms with E-state index in [1.165, 1.54) is 36.4 Å². The quantitative estimate of drug-likeness (QED) is 0.0247. The number of ether oxygens (including phenoxy) is 9. The summed E-state index contributed by atoms with van der Waals surface area (Å²) in [4.78, 5) is 4.50. The summed E-state index contributed by atoms with van der Waals surface area (Å²) in [7, 11) is 8.54. The van der Waals surface area contributed by atoms with E-state index in [2.05, 4.69) is 9.64 Å². The Balaban J connectivity index is 0.000000982. The second-order valence-electron chi connectivity index (χ2n) is 17.2. The summed E-state index contributed by atoms with van der Waals surface area (Å²) >= 11 is 0. The first kappa shape index (κ1) is 77.0. The molecular formula is C57H87ClN2O19S3. The molecule has 0 atom stereocenters. The Bertz CT molecular complexity index is 2580. The molecule has 21 nitrogen and oxygen atoms in total. The van der Waals surface area contributed by atoms with Crippen molar-refractivity contribution < 1.29 is 86.5 Å². The maximum absolute atomic E-state index is 11.7. The van der Waals surface area contributed by atoms with E-state index in [9.17, 15) is 25.3 Å². The molecule has 0 bridgehead atoms. The van der Waals surface area contributed by atoms with Crippen molar-refractivity contribution >= 4 is 51.3 Å². The lowest BCUT2D eigenvalue weighted by Gasteiger charge is -2.13. The molecule has 0 aromatic heterocycles. The molecule has 0 heterocycles. The number of methoxy groups -OCH3 is 4. The average Bonchev–Trinajstić information content (AvgIpc) is 3.45. The van der Waals surface area contributed by atoms with Crippen molar-refractivity contribution in [3.8, 4) is 11.5 Å². The first-order chi connectivity index (χ1) is 39.0. The second-order valence-corrected chi connectivity index (χ2v) is 23.0. The normalized spacial score (nSPS) is 10.9. The molecule has 0 aliphatic rings. The number of nitrogens with zero attached hydrogens (tertiary/aromatic N) is 2. The molecule has 0 saturated heterocycles. The minimum Gasteiger partial charge on any atom is -0.508 e. The van der Waals surface area contributed by atoms with Gasteiger partial charge in [0.15, 0.2) is 0 Å². The van der Waals surface area contributed by atoms with Crippen LogP contribution in [0.2, 0.25) is 0 Å². The number of hydrogen-bond acceptors (Lipinski definition) is 21. The number of aliphatic hydroxyl groups excluding tert-OH is 1. The molecule has 0 saturated carbocycles. The first-order valence-corrected chi connectivity index (χ1v) is 30.8. The summed E-state index contributed by atoms with van der Waals surface area (Å²) in [6.07, 6.45) is 0. The van der Waals surface area contributed by atoms with Crippen LogP contribution in [0.5, 0.6) is 11.5 Å². The third-order valence-corrected chi connectivity index (χ3v) is 14.1. The Morgan fingerprint density at radius 2 is 0.683 bits per heavy atom. The van der Waals surface area contributed by atoms with Crippen LogP contribution in [0.25, 0.3) is 0 Å². The number of aromatic hydroxyl groups is 1. The Labute approximate surface area is 492 Å². The fourth-order valence-electron chi connectivity index (χ4n) is 5.50. The molecule has 0 fully saturated rings. The number of phenols is 1. The van der Waals surface area contributed by atoms with Crippen molar-refractivity contribution in [2.24, 2.45) is 0 Å². The van der Waals surface area contributed by atoms with Gasteiger partial charge in [0.25, 0.3) is 29.3 Å². The van der Waals surface area contributed by atoms with Crippen LogP contribution in [0, 0.1) is 20.8 Å². The number of aliphatic hydroxyl groups is 1. The van der Waals surface area contributed by atoms with Gasteiger partial charge in [-0.15, -0.1) is 0 Å². The van der Waals surface area contributed by atoms with Crippen molar-refractivity contribution in [2.75, 3.05) is 172 Å². The zero-order valence-corrected chi connectivity index (χ0v) is 52.4. The first-order valence-electron chi connectivity index (χ1n) is 25.6. The van der Waals surface area contributed by atoms with E-state index < -0.39 is 29.3 Å². The Morgan fingerprint density at radius 3 is 0.988 bits per heavy atom. The molecule has 0 radical (unpaired) electrons. The van der Waals surface area contributed by atoms with E-state index in [-0.39, 0.29) is 47.7 Å². The zero-order chi connectivity index (χ0) is 61.7. The van der Waals surface area contributed by atoms with Crippen molar-refractivity contribution in [2.45, 2.75) is 35.5 Å². The van der Waals surface area contributed by atoms with Crippen LogP contribution in [0.4, 0.5) is 11.4 Å². The molecule has 5 aromatic carbocycles. The number of phenolic OH excluding ortho intramolecular Hbond substituents is 1. The van der Waals surface area contributed by atoms with Gasteiger partial charge in [-0.3, -0.25) is 8.37 Å². The summed E-state index contributed by atoms with van der Waals surface area (Å²) < 4.78 is 123. The van der Waals surface area contributed by atoms with Crippen LogP contribution in [0.15, 0.2) is 136 Å². The zero-order valence-electron chi connectivity index (χ0n) is 49.2. The van der Waals surface area contributed by atoms with Gasteiger partial charge in [0, 0.05) is 78.7 Å². The molecule has 2 N–H and O–H groups in total. The lowest BCUT2D eigenvalue weighted by Crippen LogP contribution is -2.13. The van der Waals surface area contributed by atoms with Gasteiger partial charge in [0.05, 0.1) is 114 Å². The van der Waals surface area contributed by atoms with Crippen molar-refractivity contribution in [1.82, 2.24) is 0 Å². The van der Waals surface area contributed by atoms with Gasteiger partial charge in [0.1, 0.15) is 18.1 Å². The van der Waals surface area contributed by atoms with Crippen LogP contribution in [-0.4, -0.2) is 198 Å². The van der Waals surface area contributed by atoms with Gasteiger partial charge in [-0.05, 0) is 106 Å². The minimum absolute atomic E-state index is 0.0000753. The number of benzene rings is 5. The molecule has 0 aliphatic heterocycles. The molecule has 0 unspecified atom stereocenters. The lowest BCUT2D eigenvalue weighted by molar-refractivity contribution is 0.0500. The topological polar surface area (TPSA) is 251 Å². The number of halogens is 1. The molecule has 25 heteroatoms. The van der Waals surface area contributed by atoms with Crippen LogP contribution in [0.1, 0.15) is 16.7 Å². The van der Waals surface area contributed by atoms with E-state index in [4.69, 9.17) is 67.2 Å². The predicted molar refractivity (Wildman–Crippen MR) is 319 cm³/mol. The van der Waals surface area contributed by atoms with Gasteiger partial charge in [-0.2, -0.15) is 16.8 Å². The van der Waals surface area contributed by atoms with Crippen LogP contribution >= 0.6 is 10.7 Å². The van der Waals surface area contributed by atoms with E-state index in [1.807, 2.05) is 90.3 Å². The second kappa shape index (κ2) is 46.4. The molecule has 5 rings (SSSR count). The highest BCUT2D eigenvalue weighted by molar-refractivity contribution is 8.13. The van der Waals surface area contributed by atoms with Crippen molar-refractivity contribution in [3.63, 3.8) is 0 Å². The molecule has 0 spiro atoms. The number of aryl methyl sites for hydroxylation is 3. The van der Waals surface area contributed by atoms with Gasteiger partial charge >= 0.3 is 0 Å². The van der Waals surface area contributed by atoms with Gasteiger partial charge in [-0.25, -0.2) is 8.42 Å². The Hall–Kier alpha value is -5.00.